The third-order valence-electron chi connectivity index (χ3n) is 7.44. The maximum Gasteiger partial charge on any atom is 0.332 e. The third-order valence-corrected chi connectivity index (χ3v) is 8.29. The van der Waals surface area contributed by atoms with E-state index in [1.165, 1.54) is 23.6 Å². The van der Waals surface area contributed by atoms with Gasteiger partial charge in [0.05, 0.1) is 29.5 Å². The van der Waals surface area contributed by atoms with Crippen molar-refractivity contribution in [3.8, 4) is 5.75 Å². The van der Waals surface area contributed by atoms with E-state index in [0.717, 1.165) is 28.6 Å². The first kappa shape index (κ1) is 28.6. The number of nitrogens with zero attached hydrogens (tertiary/aromatic N) is 6. The van der Waals surface area contributed by atoms with Gasteiger partial charge in [-0.1, -0.05) is 43.7 Å². The molecule has 4 heterocycles. The molecule has 218 valence electrons. The second kappa shape index (κ2) is 12.3. The SMILES string of the molecule is CCCCNC(=O)N(CCC)N1CC(=O)N2[C@@H](Cc3ccc(O)cn3)C(=O)N(Cc3cccc4sc(N)nc34)C[C@@H]21. The van der Waals surface area contributed by atoms with E-state index in [-0.39, 0.29) is 49.7 Å². The lowest BCUT2D eigenvalue weighted by molar-refractivity contribution is -0.157. The van der Waals surface area contributed by atoms with Crippen LogP contribution in [0.5, 0.6) is 5.75 Å². The molecule has 0 saturated carbocycles. The molecule has 41 heavy (non-hydrogen) atoms. The van der Waals surface area contributed by atoms with Crippen LogP contribution >= 0.6 is 11.3 Å². The maximum absolute atomic E-state index is 14.0. The van der Waals surface area contributed by atoms with E-state index in [2.05, 4.69) is 22.2 Å². The van der Waals surface area contributed by atoms with Gasteiger partial charge < -0.3 is 26.0 Å². The lowest BCUT2D eigenvalue weighted by Gasteiger charge is -2.46. The van der Waals surface area contributed by atoms with Crippen molar-refractivity contribution in [3.63, 3.8) is 0 Å². The van der Waals surface area contributed by atoms with Crippen molar-refractivity contribution >= 4 is 44.5 Å². The molecule has 2 fully saturated rings. The topological polar surface area (TPSA) is 148 Å². The molecule has 2 aliphatic rings. The second-order valence-corrected chi connectivity index (χ2v) is 11.4. The number of carbonyl (C=O) groups excluding carboxylic acids is 3. The van der Waals surface area contributed by atoms with E-state index in [4.69, 9.17) is 5.73 Å². The number of hydrogen-bond acceptors (Lipinski definition) is 9. The highest BCUT2D eigenvalue weighted by atomic mass is 32.1. The number of nitrogen functional groups attached to an aromatic ring is 1. The van der Waals surface area contributed by atoms with Crippen molar-refractivity contribution in [2.45, 2.75) is 58.3 Å². The Morgan fingerprint density at radius 1 is 1.22 bits per heavy atom. The van der Waals surface area contributed by atoms with Crippen LogP contribution in [0.1, 0.15) is 44.4 Å². The zero-order valence-electron chi connectivity index (χ0n) is 23.3. The molecule has 4 N–H and O–H groups in total. The molecule has 2 saturated heterocycles. The number of hydrazine groups is 1. The summed E-state index contributed by atoms with van der Waals surface area (Å²) in [6.45, 7) is 5.52. The fourth-order valence-corrected chi connectivity index (χ4v) is 6.29. The minimum Gasteiger partial charge on any atom is -0.506 e. The van der Waals surface area contributed by atoms with Crippen LogP contribution in [0.25, 0.3) is 10.2 Å². The number of urea groups is 1. The summed E-state index contributed by atoms with van der Waals surface area (Å²) < 4.78 is 0.937. The smallest absolute Gasteiger partial charge is 0.332 e. The number of nitrogens with two attached hydrogens (primary N) is 1. The van der Waals surface area contributed by atoms with Crippen LogP contribution < -0.4 is 11.1 Å². The fraction of sp³-hybridized carbons (Fsp3) is 0.464. The predicted octanol–water partition coefficient (Wildman–Crippen LogP) is 2.54. The van der Waals surface area contributed by atoms with Crippen molar-refractivity contribution in [2.24, 2.45) is 0 Å². The molecule has 5 rings (SSSR count). The highest BCUT2D eigenvalue weighted by molar-refractivity contribution is 7.22. The van der Waals surface area contributed by atoms with E-state index in [1.807, 2.05) is 25.1 Å². The van der Waals surface area contributed by atoms with Gasteiger partial charge in [0.25, 0.3) is 0 Å². The van der Waals surface area contributed by atoms with Crippen molar-refractivity contribution in [3.05, 3.63) is 47.8 Å². The van der Waals surface area contributed by atoms with Gasteiger partial charge in [-0.05, 0) is 36.6 Å². The normalized spacial score (nSPS) is 19.2. The molecule has 2 aliphatic heterocycles. The predicted molar refractivity (Wildman–Crippen MR) is 155 cm³/mol. The van der Waals surface area contributed by atoms with Gasteiger partial charge in [0.1, 0.15) is 18.0 Å². The molecule has 1 aromatic carbocycles. The number of fused-ring (bicyclic) bond motifs is 2. The van der Waals surface area contributed by atoms with Crippen LogP contribution in [0, 0.1) is 0 Å². The molecule has 2 atom stereocenters. The Balaban J connectivity index is 1.48. The van der Waals surface area contributed by atoms with Crippen molar-refractivity contribution < 1.29 is 19.5 Å². The number of nitrogens with one attached hydrogen (secondary N) is 1. The molecule has 0 bridgehead atoms. The molecule has 3 aromatic rings. The Bertz CT molecular complexity index is 1410. The molecule has 2 aromatic heterocycles. The average molecular weight is 581 g/mol. The fourth-order valence-electron chi connectivity index (χ4n) is 5.50. The molecule has 0 spiro atoms. The summed E-state index contributed by atoms with van der Waals surface area (Å²) in [6.07, 6.45) is 3.48. The van der Waals surface area contributed by atoms with E-state index in [9.17, 15) is 19.5 Å². The van der Waals surface area contributed by atoms with E-state index in [0.29, 0.717) is 30.3 Å². The lowest BCUT2D eigenvalue weighted by atomic mass is 10.0. The summed E-state index contributed by atoms with van der Waals surface area (Å²) in [4.78, 5) is 53.0. The van der Waals surface area contributed by atoms with Gasteiger partial charge in [-0.2, -0.15) is 5.01 Å². The van der Waals surface area contributed by atoms with Gasteiger partial charge >= 0.3 is 6.03 Å². The molecule has 0 unspecified atom stereocenters. The zero-order valence-corrected chi connectivity index (χ0v) is 24.1. The number of thiazole rings is 1. The number of hydrogen-bond donors (Lipinski definition) is 3. The van der Waals surface area contributed by atoms with Crippen molar-refractivity contribution in [1.82, 2.24) is 35.1 Å². The van der Waals surface area contributed by atoms with Crippen LogP contribution in [-0.4, -0.2) is 91.1 Å². The highest BCUT2D eigenvalue weighted by Gasteiger charge is 2.52. The monoisotopic (exact) mass is 580 g/mol. The molecular formula is C28H36N8O4S. The first-order chi connectivity index (χ1) is 19.8. The van der Waals surface area contributed by atoms with E-state index >= 15 is 0 Å². The Hall–Kier alpha value is -3.97. The number of aromatic hydroxyl groups is 1. The highest BCUT2D eigenvalue weighted by Crippen LogP contribution is 2.32. The quantitative estimate of drug-likeness (QED) is 0.310. The summed E-state index contributed by atoms with van der Waals surface area (Å²) in [5, 5.41) is 16.6. The Morgan fingerprint density at radius 2 is 2.05 bits per heavy atom. The number of unbranched alkanes of at least 4 members (excludes halogenated alkanes) is 1. The molecule has 12 nitrogen and oxygen atoms in total. The number of amides is 4. The van der Waals surface area contributed by atoms with Gasteiger partial charge in [0.15, 0.2) is 5.13 Å². The first-order valence-corrected chi connectivity index (χ1v) is 14.8. The zero-order chi connectivity index (χ0) is 29.1. The van der Waals surface area contributed by atoms with Crippen LogP contribution in [0.15, 0.2) is 36.5 Å². The van der Waals surface area contributed by atoms with Gasteiger partial charge in [0.2, 0.25) is 11.8 Å². The number of rotatable bonds is 10. The maximum atomic E-state index is 14.0. The number of piperazine rings is 1. The number of pyridine rings is 1. The minimum absolute atomic E-state index is 0.00923. The summed E-state index contributed by atoms with van der Waals surface area (Å²) in [5.41, 5.74) is 8.17. The molecule has 13 heteroatoms. The van der Waals surface area contributed by atoms with E-state index < -0.39 is 12.2 Å². The van der Waals surface area contributed by atoms with Crippen LogP contribution in [-0.2, 0) is 22.6 Å². The largest absolute Gasteiger partial charge is 0.506 e. The summed E-state index contributed by atoms with van der Waals surface area (Å²) in [5.74, 6) is -0.406. The summed E-state index contributed by atoms with van der Waals surface area (Å²) >= 11 is 1.39. The number of carbonyl (C=O) groups is 3. The second-order valence-electron chi connectivity index (χ2n) is 10.4. The first-order valence-electron chi connectivity index (χ1n) is 14.0. The van der Waals surface area contributed by atoms with Gasteiger partial charge in [-0.3, -0.25) is 19.6 Å². The van der Waals surface area contributed by atoms with Gasteiger partial charge in [-0.25, -0.2) is 9.78 Å². The Labute approximate surface area is 242 Å². The van der Waals surface area contributed by atoms with E-state index in [1.54, 1.807) is 25.9 Å². The van der Waals surface area contributed by atoms with Crippen LogP contribution in [0.4, 0.5) is 9.93 Å². The summed E-state index contributed by atoms with van der Waals surface area (Å²) in [6, 6.07) is 7.89. The molecule has 4 amide bonds. The van der Waals surface area contributed by atoms with Crippen molar-refractivity contribution in [2.75, 3.05) is 31.9 Å². The number of benzene rings is 1. The van der Waals surface area contributed by atoms with Gasteiger partial charge in [-0.15, -0.1) is 0 Å². The third kappa shape index (κ3) is 5.91. The van der Waals surface area contributed by atoms with Crippen LogP contribution in [0.3, 0.4) is 0 Å². The average Bonchev–Trinajstić information content (AvgIpc) is 3.49. The molecular weight excluding hydrogens is 544 g/mol. The number of aromatic nitrogens is 2. The van der Waals surface area contributed by atoms with Crippen LogP contribution in [0.2, 0.25) is 0 Å². The lowest BCUT2D eigenvalue weighted by Crippen LogP contribution is -2.66. The number of anilines is 1. The van der Waals surface area contributed by atoms with Crippen molar-refractivity contribution in [1.29, 1.82) is 0 Å². The Morgan fingerprint density at radius 3 is 2.78 bits per heavy atom. The standard InChI is InChI=1S/C28H36N8O4S/c1-3-5-11-30-28(40)34(12-4-2)35-17-24(38)36-21(13-19-9-10-20(37)14-31-19)26(39)33(16-23(35)36)15-18-7-6-8-22-25(18)32-27(29)41-22/h6-10,14,21,23,37H,3-5,11-13,15-17H2,1-2H3,(H2,29,32)(H,30,40)/t21-,23+/m0/s1. The number of para-hydroxylation sites is 1. The molecule has 0 radical (unpaired) electrons. The minimum atomic E-state index is -0.824. The Kier molecular flexibility index (Phi) is 8.54. The van der Waals surface area contributed by atoms with Gasteiger partial charge in [0, 0.05) is 31.7 Å². The molecule has 0 aliphatic carbocycles. The summed E-state index contributed by atoms with van der Waals surface area (Å²) in [7, 11) is 0.